The molecule has 3 heteroatoms. The number of hydrogen-bond donors (Lipinski definition) is 1. The standard InChI is InChI=1S/C16H15NO2/c1-19-13-6-4-5-12(11-13)9-10-16(18)14-7-2-3-8-15(14)17/h2-11H,17H2,1H3/b10-9+. The molecule has 2 aromatic carbocycles. The van der Waals surface area contributed by atoms with Crippen LogP contribution in [0.15, 0.2) is 54.6 Å². The number of para-hydroxylation sites is 1. The van der Waals surface area contributed by atoms with Crippen LogP contribution in [-0.2, 0) is 0 Å². The number of ether oxygens (including phenoxy) is 1. The first kappa shape index (κ1) is 12.9. The molecule has 0 aromatic heterocycles. The lowest BCUT2D eigenvalue weighted by atomic mass is 10.1. The van der Waals surface area contributed by atoms with Crippen molar-refractivity contribution < 1.29 is 9.53 Å². The third kappa shape index (κ3) is 3.22. The van der Waals surface area contributed by atoms with Crippen LogP contribution in [0.5, 0.6) is 5.75 Å². The molecule has 0 fully saturated rings. The summed E-state index contributed by atoms with van der Waals surface area (Å²) in [5, 5.41) is 0. The van der Waals surface area contributed by atoms with E-state index in [1.54, 1.807) is 37.5 Å². The van der Waals surface area contributed by atoms with E-state index < -0.39 is 0 Å². The highest BCUT2D eigenvalue weighted by molar-refractivity contribution is 6.10. The second-order valence-electron chi connectivity index (χ2n) is 4.06. The van der Waals surface area contributed by atoms with Gasteiger partial charge in [-0.15, -0.1) is 0 Å². The maximum absolute atomic E-state index is 12.0. The van der Waals surface area contributed by atoms with E-state index >= 15 is 0 Å². The molecule has 3 nitrogen and oxygen atoms in total. The summed E-state index contributed by atoms with van der Waals surface area (Å²) in [6.07, 6.45) is 3.26. The second-order valence-corrected chi connectivity index (χ2v) is 4.06. The van der Waals surface area contributed by atoms with Crippen LogP contribution in [0.1, 0.15) is 15.9 Å². The van der Waals surface area contributed by atoms with E-state index in [9.17, 15) is 4.79 Å². The first-order chi connectivity index (χ1) is 9.20. The van der Waals surface area contributed by atoms with E-state index in [4.69, 9.17) is 10.5 Å². The number of nitrogen functional groups attached to an aromatic ring is 1. The van der Waals surface area contributed by atoms with Gasteiger partial charge in [-0.1, -0.05) is 30.3 Å². The minimum absolute atomic E-state index is 0.110. The Hall–Kier alpha value is -2.55. The molecule has 19 heavy (non-hydrogen) atoms. The van der Waals surface area contributed by atoms with Gasteiger partial charge < -0.3 is 10.5 Å². The van der Waals surface area contributed by atoms with E-state index in [1.807, 2.05) is 24.3 Å². The first-order valence-corrected chi connectivity index (χ1v) is 5.91. The lowest BCUT2D eigenvalue weighted by Crippen LogP contribution is -1.99. The molecule has 0 radical (unpaired) electrons. The zero-order chi connectivity index (χ0) is 13.7. The number of methoxy groups -OCH3 is 1. The van der Waals surface area contributed by atoms with E-state index in [-0.39, 0.29) is 5.78 Å². The largest absolute Gasteiger partial charge is 0.497 e. The van der Waals surface area contributed by atoms with Crippen LogP contribution in [0.25, 0.3) is 6.08 Å². The molecular weight excluding hydrogens is 238 g/mol. The third-order valence-electron chi connectivity index (χ3n) is 2.75. The number of rotatable bonds is 4. The van der Waals surface area contributed by atoms with Crippen molar-refractivity contribution in [3.05, 3.63) is 65.7 Å². The highest BCUT2D eigenvalue weighted by Gasteiger charge is 2.04. The molecule has 0 saturated carbocycles. The molecule has 0 bridgehead atoms. The Kier molecular flexibility index (Phi) is 3.98. The quantitative estimate of drug-likeness (QED) is 0.517. The monoisotopic (exact) mass is 253 g/mol. The summed E-state index contributed by atoms with van der Waals surface area (Å²) in [5.74, 6) is 0.648. The lowest BCUT2D eigenvalue weighted by molar-refractivity contribution is 0.104. The van der Waals surface area contributed by atoms with Gasteiger partial charge in [0.05, 0.1) is 7.11 Å². The number of allylic oxidation sites excluding steroid dienone is 1. The van der Waals surface area contributed by atoms with Gasteiger partial charge in [0.25, 0.3) is 0 Å². The summed E-state index contributed by atoms with van der Waals surface area (Å²) in [6, 6.07) is 14.5. The van der Waals surface area contributed by atoms with Crippen molar-refractivity contribution in [1.82, 2.24) is 0 Å². The molecule has 2 N–H and O–H groups in total. The molecule has 0 aliphatic heterocycles. The van der Waals surface area contributed by atoms with Gasteiger partial charge in [0, 0.05) is 11.3 Å². The van der Waals surface area contributed by atoms with Crippen molar-refractivity contribution in [3.63, 3.8) is 0 Å². The highest BCUT2D eigenvalue weighted by Crippen LogP contribution is 2.15. The summed E-state index contributed by atoms with van der Waals surface area (Å²) in [7, 11) is 1.61. The minimum Gasteiger partial charge on any atom is -0.497 e. The van der Waals surface area contributed by atoms with Gasteiger partial charge in [-0.05, 0) is 35.9 Å². The van der Waals surface area contributed by atoms with Crippen molar-refractivity contribution in [3.8, 4) is 5.75 Å². The van der Waals surface area contributed by atoms with Crippen LogP contribution < -0.4 is 10.5 Å². The van der Waals surface area contributed by atoms with Crippen LogP contribution in [0.3, 0.4) is 0 Å². The van der Waals surface area contributed by atoms with Crippen molar-refractivity contribution in [1.29, 1.82) is 0 Å². The fourth-order valence-electron chi connectivity index (χ4n) is 1.73. The minimum atomic E-state index is -0.110. The van der Waals surface area contributed by atoms with Crippen LogP contribution in [0, 0.1) is 0 Å². The van der Waals surface area contributed by atoms with Crippen LogP contribution >= 0.6 is 0 Å². The zero-order valence-corrected chi connectivity index (χ0v) is 10.7. The van der Waals surface area contributed by atoms with Crippen LogP contribution in [-0.4, -0.2) is 12.9 Å². The average molecular weight is 253 g/mol. The number of anilines is 1. The van der Waals surface area contributed by atoms with E-state index in [1.165, 1.54) is 6.08 Å². The van der Waals surface area contributed by atoms with Crippen LogP contribution in [0.2, 0.25) is 0 Å². The fourth-order valence-corrected chi connectivity index (χ4v) is 1.73. The van der Waals surface area contributed by atoms with Crippen molar-refractivity contribution in [2.24, 2.45) is 0 Å². The number of benzene rings is 2. The van der Waals surface area contributed by atoms with Crippen molar-refractivity contribution in [2.45, 2.75) is 0 Å². The average Bonchev–Trinajstić information content (AvgIpc) is 2.45. The summed E-state index contributed by atoms with van der Waals surface area (Å²) >= 11 is 0. The van der Waals surface area contributed by atoms with Crippen molar-refractivity contribution >= 4 is 17.5 Å². The molecule has 0 unspecified atom stereocenters. The molecular formula is C16H15NO2. The Balaban J connectivity index is 2.18. The number of nitrogens with two attached hydrogens (primary N) is 1. The molecule has 0 amide bonds. The number of carbonyl (C=O) groups is 1. The van der Waals surface area contributed by atoms with Gasteiger partial charge in [0.15, 0.2) is 5.78 Å². The highest BCUT2D eigenvalue weighted by atomic mass is 16.5. The Morgan fingerprint density at radius 1 is 1.16 bits per heavy atom. The zero-order valence-electron chi connectivity index (χ0n) is 10.7. The Morgan fingerprint density at radius 2 is 1.95 bits per heavy atom. The van der Waals surface area contributed by atoms with Gasteiger partial charge in [0.2, 0.25) is 0 Å². The smallest absolute Gasteiger partial charge is 0.187 e. The first-order valence-electron chi connectivity index (χ1n) is 5.91. The normalized spacial score (nSPS) is 10.6. The third-order valence-corrected chi connectivity index (χ3v) is 2.75. The van der Waals surface area contributed by atoms with E-state index in [0.29, 0.717) is 11.3 Å². The SMILES string of the molecule is COc1cccc(/C=C/C(=O)c2ccccc2N)c1. The molecule has 0 saturated heterocycles. The summed E-state index contributed by atoms with van der Waals surface area (Å²) in [4.78, 5) is 12.0. The molecule has 2 aromatic rings. The Morgan fingerprint density at radius 3 is 2.68 bits per heavy atom. The number of ketones is 1. The van der Waals surface area contributed by atoms with Crippen LogP contribution in [0.4, 0.5) is 5.69 Å². The predicted octanol–water partition coefficient (Wildman–Crippen LogP) is 3.17. The lowest BCUT2D eigenvalue weighted by Gasteiger charge is -2.01. The summed E-state index contributed by atoms with van der Waals surface area (Å²) in [5.41, 5.74) is 7.67. The fraction of sp³-hybridized carbons (Fsp3) is 0.0625. The van der Waals surface area contributed by atoms with Gasteiger partial charge in [0.1, 0.15) is 5.75 Å². The molecule has 0 aliphatic carbocycles. The maximum Gasteiger partial charge on any atom is 0.187 e. The van der Waals surface area contributed by atoms with Gasteiger partial charge in [-0.3, -0.25) is 4.79 Å². The second kappa shape index (κ2) is 5.87. The Labute approximate surface area is 112 Å². The number of carbonyl (C=O) groups excluding carboxylic acids is 1. The van der Waals surface area contributed by atoms with E-state index in [0.717, 1.165) is 11.3 Å². The summed E-state index contributed by atoms with van der Waals surface area (Å²) < 4.78 is 5.13. The Bertz CT molecular complexity index is 618. The molecule has 96 valence electrons. The van der Waals surface area contributed by atoms with Gasteiger partial charge in [-0.25, -0.2) is 0 Å². The topological polar surface area (TPSA) is 52.3 Å². The molecule has 2 rings (SSSR count). The number of hydrogen-bond acceptors (Lipinski definition) is 3. The molecule has 0 atom stereocenters. The maximum atomic E-state index is 12.0. The summed E-state index contributed by atoms with van der Waals surface area (Å²) in [6.45, 7) is 0. The molecule has 0 spiro atoms. The predicted molar refractivity (Wildman–Crippen MR) is 77.2 cm³/mol. The van der Waals surface area contributed by atoms with Gasteiger partial charge in [-0.2, -0.15) is 0 Å². The van der Waals surface area contributed by atoms with E-state index in [2.05, 4.69) is 0 Å². The molecule has 0 heterocycles. The van der Waals surface area contributed by atoms with Crippen molar-refractivity contribution in [2.75, 3.05) is 12.8 Å². The molecule has 0 aliphatic rings. The van der Waals surface area contributed by atoms with Gasteiger partial charge >= 0.3 is 0 Å².